The summed E-state index contributed by atoms with van der Waals surface area (Å²) in [5, 5.41) is 0. The van der Waals surface area contributed by atoms with Gasteiger partial charge in [-0.15, -0.1) is 0 Å². The number of rotatable bonds is 25. The molecule has 0 atom stereocenters. The van der Waals surface area contributed by atoms with E-state index in [9.17, 15) is 47.9 Å². The van der Waals surface area contributed by atoms with E-state index in [2.05, 4.69) is 0 Å². The molecule has 20 nitrogen and oxygen atoms in total. The maximum Gasteiger partial charge on any atom is 0.338 e. The van der Waals surface area contributed by atoms with Crippen molar-refractivity contribution in [3.05, 3.63) is 250 Å². The normalized spacial score (nSPS) is 10.2. The van der Waals surface area contributed by atoms with E-state index in [1.165, 1.54) is 72.8 Å². The minimum Gasteiger partial charge on any atom is -0.458 e. The van der Waals surface area contributed by atoms with Crippen LogP contribution in [0.15, 0.2) is 194 Å². The van der Waals surface area contributed by atoms with Gasteiger partial charge in [0.05, 0.1) is 55.6 Å². The average Bonchev–Trinajstić information content (AvgIpc) is 3.53. The van der Waals surface area contributed by atoms with Crippen LogP contribution in [0.3, 0.4) is 0 Å². The van der Waals surface area contributed by atoms with Gasteiger partial charge in [-0.05, 0) is 109 Å². The van der Waals surface area contributed by atoms with Gasteiger partial charge < -0.3 is 47.4 Å². The molecule has 0 aliphatic rings. The second-order valence-electron chi connectivity index (χ2n) is 16.6. The lowest BCUT2D eigenvalue weighted by Gasteiger charge is -2.09. The lowest BCUT2D eigenvalue weighted by molar-refractivity contribution is 0.0257. The Morgan fingerprint density at radius 2 is 0.305 bits per heavy atom. The van der Waals surface area contributed by atoms with E-state index >= 15 is 0 Å². The number of esters is 10. The number of hydrogen-bond acceptors (Lipinski definition) is 20. The Morgan fingerprint density at radius 3 is 0.476 bits per heavy atom. The summed E-state index contributed by atoms with van der Waals surface area (Å²) in [6.07, 6.45) is 0. The van der Waals surface area contributed by atoms with Crippen LogP contribution in [0.2, 0.25) is 0 Å². The van der Waals surface area contributed by atoms with Gasteiger partial charge in [0.1, 0.15) is 66.1 Å². The summed E-state index contributed by atoms with van der Waals surface area (Å²) in [5.74, 6) is -6.34. The van der Waals surface area contributed by atoms with Gasteiger partial charge in [-0.1, -0.05) is 84.9 Å². The predicted octanol–water partition coefficient (Wildman–Crippen LogP) is 8.44. The van der Waals surface area contributed by atoms with Crippen LogP contribution >= 0.6 is 0 Å². The zero-order valence-electron chi connectivity index (χ0n) is 43.7. The van der Waals surface area contributed by atoms with Gasteiger partial charge in [-0.3, -0.25) is 0 Å². The Balaban J connectivity index is 0.000000280. The molecule has 0 saturated heterocycles. The summed E-state index contributed by atoms with van der Waals surface area (Å²) in [5.41, 5.74) is 2.29. The average molecular weight is 1120 g/mol. The summed E-state index contributed by atoms with van der Waals surface area (Å²) in [6, 6.07) is 50.6. The Morgan fingerprint density at radius 1 is 0.171 bits per heavy atom. The largest absolute Gasteiger partial charge is 0.458 e. The monoisotopic (exact) mass is 1120 g/mol. The van der Waals surface area contributed by atoms with Gasteiger partial charge in [0, 0.05) is 0 Å². The molecule has 0 radical (unpaired) electrons. The highest BCUT2D eigenvalue weighted by molar-refractivity contribution is 5.97. The molecule has 0 unspecified atom stereocenters. The Bertz CT molecular complexity index is 3050. The summed E-state index contributed by atoms with van der Waals surface area (Å²) < 4.78 is 50.9. The van der Waals surface area contributed by atoms with Crippen LogP contribution in [-0.2, 0) is 47.4 Å². The second kappa shape index (κ2) is 32.9. The summed E-state index contributed by atoms with van der Waals surface area (Å²) in [4.78, 5) is 122. The Kier molecular flexibility index (Phi) is 24.2. The Labute approximate surface area is 469 Å². The highest BCUT2D eigenvalue weighted by Crippen LogP contribution is 2.13. The molecule has 0 bridgehead atoms. The molecular weight excluding hydrogens is 1060 g/mol. The molecule has 420 valence electrons. The highest BCUT2D eigenvalue weighted by Gasteiger charge is 2.18. The second-order valence-corrected chi connectivity index (χ2v) is 16.6. The maximum atomic E-state index is 12.5. The summed E-state index contributed by atoms with van der Waals surface area (Å²) >= 11 is 0. The van der Waals surface area contributed by atoms with E-state index in [0.29, 0.717) is 22.3 Å². The van der Waals surface area contributed by atoms with Crippen LogP contribution in [0.25, 0.3) is 0 Å². The SMILES string of the molecule is O=C(OCCOC(=O)c1ccc(C(=O)OCCOC(=O)c2ccccc2)cc1)c1ccccc1.O=C(OCCOC(=O)c1cccc(C(=O)OCCOC(=O)c2cccc(C(=O)OCCOC(=O)c3ccccc3)c2)c1)c1ccccc1. The van der Waals surface area contributed by atoms with Crippen molar-refractivity contribution >= 4 is 59.7 Å². The first-order valence-corrected chi connectivity index (χ1v) is 25.1. The first-order chi connectivity index (χ1) is 39.9. The molecule has 7 rings (SSSR count). The van der Waals surface area contributed by atoms with E-state index in [4.69, 9.17) is 47.4 Å². The van der Waals surface area contributed by atoms with E-state index < -0.39 is 59.7 Å². The van der Waals surface area contributed by atoms with Crippen molar-refractivity contribution in [1.29, 1.82) is 0 Å². The van der Waals surface area contributed by atoms with Crippen LogP contribution in [0.4, 0.5) is 0 Å². The van der Waals surface area contributed by atoms with Crippen molar-refractivity contribution < 1.29 is 95.3 Å². The fraction of sp³-hybridized carbons (Fsp3) is 0.161. The molecular formula is C62H52O20. The molecule has 7 aromatic carbocycles. The molecule has 82 heavy (non-hydrogen) atoms. The number of hydrogen-bond donors (Lipinski definition) is 0. The van der Waals surface area contributed by atoms with Crippen LogP contribution in [0.1, 0.15) is 104 Å². The standard InChI is InChI=1S/C36H30O12.C26H22O8/c37-31(25-9-3-1-4-10-25)43-17-19-45-33(39)27-13-7-15-29(23-27)35(41)47-21-22-48-36(42)30-16-8-14-28(24-30)34(40)46-20-18-44-32(38)26-11-5-2-6-12-26;27-23(19-7-3-1-4-8-19)31-15-17-33-25(29)21-11-13-22(14-12-21)26(30)34-18-16-32-24(28)20-9-5-2-6-10-20/h1-16,23-24H,17-22H2;1-14H,15-18H2. The van der Waals surface area contributed by atoms with Crippen molar-refractivity contribution in [1.82, 2.24) is 0 Å². The fourth-order valence-corrected chi connectivity index (χ4v) is 6.76. The van der Waals surface area contributed by atoms with Crippen molar-refractivity contribution in [2.75, 3.05) is 66.1 Å². The number of carbonyl (C=O) groups excluding carboxylic acids is 10. The first kappa shape index (κ1) is 60.5. The third kappa shape index (κ3) is 20.2. The predicted molar refractivity (Wildman–Crippen MR) is 288 cm³/mol. The van der Waals surface area contributed by atoms with E-state index in [0.717, 1.165) is 0 Å². The molecule has 0 aliphatic heterocycles. The van der Waals surface area contributed by atoms with Crippen molar-refractivity contribution in [3.8, 4) is 0 Å². The molecule has 0 aromatic heterocycles. The maximum absolute atomic E-state index is 12.5. The summed E-state index contributed by atoms with van der Waals surface area (Å²) in [6.45, 7) is -1.62. The van der Waals surface area contributed by atoms with Crippen LogP contribution in [0, 0.1) is 0 Å². The first-order valence-electron chi connectivity index (χ1n) is 25.1. The van der Waals surface area contributed by atoms with Crippen molar-refractivity contribution in [2.45, 2.75) is 0 Å². The zero-order chi connectivity index (χ0) is 58.3. The van der Waals surface area contributed by atoms with E-state index in [-0.39, 0.29) is 99.4 Å². The Hall–Kier alpha value is -10.8. The third-order valence-corrected chi connectivity index (χ3v) is 10.8. The van der Waals surface area contributed by atoms with E-state index in [1.807, 2.05) is 0 Å². The van der Waals surface area contributed by atoms with Gasteiger partial charge >= 0.3 is 59.7 Å². The molecule has 7 aromatic rings. The van der Waals surface area contributed by atoms with Gasteiger partial charge in [-0.25, -0.2) is 47.9 Å². The molecule has 0 heterocycles. The minimum absolute atomic E-state index is 0.0623. The summed E-state index contributed by atoms with van der Waals surface area (Å²) in [7, 11) is 0. The van der Waals surface area contributed by atoms with Gasteiger partial charge in [0.15, 0.2) is 0 Å². The van der Waals surface area contributed by atoms with Gasteiger partial charge in [-0.2, -0.15) is 0 Å². The fourth-order valence-electron chi connectivity index (χ4n) is 6.76. The molecule has 0 fully saturated rings. The number of benzene rings is 7. The lowest BCUT2D eigenvalue weighted by atomic mass is 10.1. The van der Waals surface area contributed by atoms with Gasteiger partial charge in [0.2, 0.25) is 0 Å². The van der Waals surface area contributed by atoms with Crippen molar-refractivity contribution in [2.24, 2.45) is 0 Å². The molecule has 0 saturated carbocycles. The molecule has 0 N–H and O–H groups in total. The molecule has 20 heteroatoms. The molecule has 0 amide bonds. The molecule has 0 aliphatic carbocycles. The quantitative estimate of drug-likeness (QED) is 0.0295. The number of ether oxygens (including phenoxy) is 10. The zero-order valence-corrected chi connectivity index (χ0v) is 43.7. The number of carbonyl (C=O) groups is 10. The topological polar surface area (TPSA) is 263 Å². The third-order valence-electron chi connectivity index (χ3n) is 10.8. The van der Waals surface area contributed by atoms with Crippen LogP contribution in [-0.4, -0.2) is 126 Å². The van der Waals surface area contributed by atoms with E-state index in [1.54, 1.807) is 121 Å². The van der Waals surface area contributed by atoms with Crippen LogP contribution < -0.4 is 0 Å². The molecule has 0 spiro atoms. The highest BCUT2D eigenvalue weighted by atomic mass is 16.6. The van der Waals surface area contributed by atoms with Gasteiger partial charge in [0.25, 0.3) is 0 Å². The van der Waals surface area contributed by atoms with Crippen molar-refractivity contribution in [3.63, 3.8) is 0 Å². The van der Waals surface area contributed by atoms with Crippen LogP contribution in [0.5, 0.6) is 0 Å². The smallest absolute Gasteiger partial charge is 0.338 e. The lowest BCUT2D eigenvalue weighted by Crippen LogP contribution is -2.16. The minimum atomic E-state index is -0.767.